The highest BCUT2D eigenvalue weighted by atomic mass is 16.2. The fraction of sp³-hybridized carbons (Fsp3) is 0.385. The number of para-hydroxylation sites is 2. The molecule has 0 spiro atoms. The molecule has 0 aliphatic rings. The SMILES string of the molecule is CC[C@H](C)[C@H](NC(=O)Cc1nn(CC(C)C)c(=O)c2ccccc12)c1nc2ccccc2[nH]1. The minimum Gasteiger partial charge on any atom is -0.346 e. The van der Waals surface area contributed by atoms with Crippen LogP contribution in [0.15, 0.2) is 53.3 Å². The van der Waals surface area contributed by atoms with Crippen molar-refractivity contribution in [2.45, 2.75) is 53.1 Å². The molecule has 172 valence electrons. The van der Waals surface area contributed by atoms with E-state index in [2.05, 4.69) is 29.2 Å². The van der Waals surface area contributed by atoms with Crippen molar-refractivity contribution in [2.75, 3.05) is 0 Å². The van der Waals surface area contributed by atoms with Crippen LogP contribution in [0.1, 0.15) is 51.7 Å². The van der Waals surface area contributed by atoms with E-state index in [0.29, 0.717) is 17.6 Å². The standard InChI is InChI=1S/C26H31N5O2/c1-5-17(4)24(25-27-20-12-8-9-13-21(20)28-25)29-23(32)14-22-18-10-6-7-11-19(18)26(33)31(30-22)15-16(2)3/h6-13,16-17,24H,5,14-15H2,1-4H3,(H,27,28)(H,29,32)/t17-,24-/m0/s1. The summed E-state index contributed by atoms with van der Waals surface area (Å²) in [7, 11) is 0. The highest BCUT2D eigenvalue weighted by Gasteiger charge is 2.24. The lowest BCUT2D eigenvalue weighted by atomic mass is 9.98. The Bertz CT molecular complexity index is 1300. The summed E-state index contributed by atoms with van der Waals surface area (Å²) in [5.74, 6) is 1.06. The molecule has 33 heavy (non-hydrogen) atoms. The zero-order valence-electron chi connectivity index (χ0n) is 19.6. The first-order valence-electron chi connectivity index (χ1n) is 11.6. The van der Waals surface area contributed by atoms with Gasteiger partial charge < -0.3 is 10.3 Å². The normalized spacial score (nSPS) is 13.5. The highest BCUT2D eigenvalue weighted by molar-refractivity contribution is 5.88. The monoisotopic (exact) mass is 445 g/mol. The topological polar surface area (TPSA) is 92.7 Å². The maximum Gasteiger partial charge on any atom is 0.274 e. The van der Waals surface area contributed by atoms with Crippen molar-refractivity contribution < 1.29 is 4.79 Å². The molecular formula is C26H31N5O2. The molecule has 2 aromatic carbocycles. The van der Waals surface area contributed by atoms with Gasteiger partial charge in [0.2, 0.25) is 5.91 Å². The average molecular weight is 446 g/mol. The van der Waals surface area contributed by atoms with E-state index >= 15 is 0 Å². The third kappa shape index (κ3) is 4.82. The number of H-pyrrole nitrogens is 1. The van der Waals surface area contributed by atoms with Crippen LogP contribution < -0.4 is 10.9 Å². The van der Waals surface area contributed by atoms with E-state index in [4.69, 9.17) is 4.98 Å². The van der Waals surface area contributed by atoms with Gasteiger partial charge in [0.25, 0.3) is 5.56 Å². The van der Waals surface area contributed by atoms with Crippen LogP contribution in [0.4, 0.5) is 0 Å². The molecule has 7 heteroatoms. The number of nitrogens with zero attached hydrogens (tertiary/aromatic N) is 3. The molecule has 2 aromatic heterocycles. The first kappa shape index (κ1) is 22.7. The summed E-state index contributed by atoms with van der Waals surface area (Å²) in [6, 6.07) is 15.0. The van der Waals surface area contributed by atoms with Gasteiger partial charge in [-0.2, -0.15) is 5.10 Å². The molecule has 2 N–H and O–H groups in total. The number of benzene rings is 2. The van der Waals surface area contributed by atoms with Crippen molar-refractivity contribution in [1.82, 2.24) is 25.1 Å². The van der Waals surface area contributed by atoms with E-state index in [9.17, 15) is 9.59 Å². The number of carbonyl (C=O) groups is 1. The number of aromatic nitrogens is 4. The van der Waals surface area contributed by atoms with Crippen LogP contribution in [-0.2, 0) is 17.8 Å². The summed E-state index contributed by atoms with van der Waals surface area (Å²) < 4.78 is 1.49. The number of hydrogen-bond acceptors (Lipinski definition) is 4. The van der Waals surface area contributed by atoms with Crippen LogP contribution in [0.5, 0.6) is 0 Å². The van der Waals surface area contributed by atoms with Crippen molar-refractivity contribution in [3.05, 3.63) is 70.4 Å². The molecule has 0 radical (unpaired) electrons. The van der Waals surface area contributed by atoms with Crippen molar-refractivity contribution >= 4 is 27.7 Å². The van der Waals surface area contributed by atoms with Gasteiger partial charge in [0.15, 0.2) is 0 Å². The Morgan fingerprint density at radius 1 is 1.06 bits per heavy atom. The van der Waals surface area contributed by atoms with Gasteiger partial charge in [0.1, 0.15) is 5.82 Å². The number of fused-ring (bicyclic) bond motifs is 2. The van der Waals surface area contributed by atoms with Crippen molar-refractivity contribution in [3.63, 3.8) is 0 Å². The highest BCUT2D eigenvalue weighted by Crippen LogP contribution is 2.25. The molecule has 0 saturated carbocycles. The molecule has 7 nitrogen and oxygen atoms in total. The van der Waals surface area contributed by atoms with E-state index in [0.717, 1.165) is 28.7 Å². The molecule has 0 unspecified atom stereocenters. The third-order valence-electron chi connectivity index (χ3n) is 6.04. The summed E-state index contributed by atoms with van der Waals surface area (Å²) in [6.07, 6.45) is 0.981. The van der Waals surface area contributed by atoms with Gasteiger partial charge in [-0.15, -0.1) is 0 Å². The lowest BCUT2D eigenvalue weighted by Gasteiger charge is -2.22. The number of hydrogen-bond donors (Lipinski definition) is 2. The van der Waals surface area contributed by atoms with Gasteiger partial charge in [-0.25, -0.2) is 9.67 Å². The quantitative estimate of drug-likeness (QED) is 0.421. The molecule has 0 bridgehead atoms. The van der Waals surface area contributed by atoms with Crippen LogP contribution in [0.3, 0.4) is 0 Å². The predicted octanol–water partition coefficient (Wildman–Crippen LogP) is 4.37. The number of imidazole rings is 1. The average Bonchev–Trinajstić information content (AvgIpc) is 3.23. The van der Waals surface area contributed by atoms with Crippen LogP contribution in [-0.4, -0.2) is 25.7 Å². The minimum absolute atomic E-state index is 0.0893. The molecule has 4 aromatic rings. The molecule has 0 aliphatic carbocycles. The largest absolute Gasteiger partial charge is 0.346 e. The Hall–Kier alpha value is -3.48. The Morgan fingerprint density at radius 2 is 1.76 bits per heavy atom. The second-order valence-electron chi connectivity index (χ2n) is 9.12. The second-order valence-corrected chi connectivity index (χ2v) is 9.12. The first-order valence-corrected chi connectivity index (χ1v) is 11.6. The summed E-state index contributed by atoms with van der Waals surface area (Å²) >= 11 is 0. The fourth-order valence-corrected chi connectivity index (χ4v) is 4.12. The van der Waals surface area contributed by atoms with Crippen LogP contribution in [0.25, 0.3) is 21.8 Å². The Labute approximate surface area is 193 Å². The molecular weight excluding hydrogens is 414 g/mol. The number of carbonyl (C=O) groups excluding carboxylic acids is 1. The smallest absolute Gasteiger partial charge is 0.274 e. The Balaban J connectivity index is 1.65. The van der Waals surface area contributed by atoms with Gasteiger partial charge in [-0.3, -0.25) is 9.59 Å². The van der Waals surface area contributed by atoms with Crippen molar-refractivity contribution in [1.29, 1.82) is 0 Å². The van der Waals surface area contributed by atoms with Crippen LogP contribution in [0.2, 0.25) is 0 Å². The Morgan fingerprint density at radius 3 is 2.45 bits per heavy atom. The number of aromatic amines is 1. The molecule has 4 rings (SSSR count). The van der Waals surface area contributed by atoms with E-state index in [1.54, 1.807) is 6.07 Å². The van der Waals surface area contributed by atoms with E-state index < -0.39 is 0 Å². The second kappa shape index (κ2) is 9.57. The molecule has 0 fully saturated rings. The van der Waals surface area contributed by atoms with Gasteiger partial charge in [0.05, 0.1) is 34.6 Å². The summed E-state index contributed by atoms with van der Waals surface area (Å²) in [5.41, 5.74) is 2.31. The molecule has 2 atom stereocenters. The van der Waals surface area contributed by atoms with Crippen molar-refractivity contribution in [3.8, 4) is 0 Å². The van der Waals surface area contributed by atoms with E-state index in [1.165, 1.54) is 4.68 Å². The van der Waals surface area contributed by atoms with Gasteiger partial charge in [-0.05, 0) is 30.0 Å². The zero-order chi connectivity index (χ0) is 23.5. The lowest BCUT2D eigenvalue weighted by molar-refractivity contribution is -0.121. The first-order chi connectivity index (χ1) is 15.9. The molecule has 1 amide bonds. The molecule has 0 saturated heterocycles. The summed E-state index contributed by atoms with van der Waals surface area (Å²) in [4.78, 5) is 34.2. The minimum atomic E-state index is -0.247. The van der Waals surface area contributed by atoms with Gasteiger partial charge in [0, 0.05) is 11.9 Å². The van der Waals surface area contributed by atoms with Gasteiger partial charge in [-0.1, -0.05) is 64.4 Å². The van der Waals surface area contributed by atoms with Gasteiger partial charge >= 0.3 is 0 Å². The molecule has 2 heterocycles. The summed E-state index contributed by atoms with van der Waals surface area (Å²) in [6.45, 7) is 8.80. The van der Waals surface area contributed by atoms with Crippen LogP contribution in [0, 0.1) is 11.8 Å². The van der Waals surface area contributed by atoms with E-state index in [-0.39, 0.29) is 35.8 Å². The lowest BCUT2D eigenvalue weighted by Crippen LogP contribution is -2.35. The van der Waals surface area contributed by atoms with Crippen LogP contribution >= 0.6 is 0 Å². The fourth-order valence-electron chi connectivity index (χ4n) is 4.12. The number of nitrogens with one attached hydrogen (secondary N) is 2. The van der Waals surface area contributed by atoms with E-state index in [1.807, 2.05) is 56.3 Å². The maximum absolute atomic E-state index is 13.2. The number of rotatable bonds is 8. The Kier molecular flexibility index (Phi) is 6.58. The number of amides is 1. The third-order valence-corrected chi connectivity index (χ3v) is 6.04. The maximum atomic E-state index is 13.2. The molecule has 0 aliphatic heterocycles. The zero-order valence-corrected chi connectivity index (χ0v) is 19.6. The summed E-state index contributed by atoms with van der Waals surface area (Å²) in [5, 5.41) is 9.07. The van der Waals surface area contributed by atoms with Crippen molar-refractivity contribution in [2.24, 2.45) is 11.8 Å². The predicted molar refractivity (Wildman–Crippen MR) is 131 cm³/mol.